The molecule has 1 fully saturated rings. The van der Waals surface area contributed by atoms with Gasteiger partial charge in [0.2, 0.25) is 5.91 Å². The lowest BCUT2D eigenvalue weighted by atomic mass is 9.81. The van der Waals surface area contributed by atoms with Crippen molar-refractivity contribution in [1.29, 1.82) is 0 Å². The summed E-state index contributed by atoms with van der Waals surface area (Å²) in [5.74, 6) is -0.460. The summed E-state index contributed by atoms with van der Waals surface area (Å²) in [7, 11) is 3.00. The minimum Gasteiger partial charge on any atom is -0.467 e. The molecule has 1 aromatic rings. The van der Waals surface area contributed by atoms with E-state index in [1.165, 1.54) is 7.11 Å². The van der Waals surface area contributed by atoms with Crippen LogP contribution in [0, 0.1) is 12.3 Å². The fraction of sp³-hybridized carbons (Fsp3) is 0.600. The molecule has 0 heterocycles. The van der Waals surface area contributed by atoms with Gasteiger partial charge in [-0.05, 0) is 31.7 Å². The molecule has 0 saturated heterocycles. The Labute approximate surface area is 150 Å². The number of ether oxygens (including phenoxy) is 2. The van der Waals surface area contributed by atoms with Gasteiger partial charge in [-0.2, -0.15) is 0 Å². The molecule has 5 nitrogen and oxygen atoms in total. The first-order chi connectivity index (χ1) is 12.0. The molecule has 0 spiro atoms. The Morgan fingerprint density at radius 2 is 1.80 bits per heavy atom. The summed E-state index contributed by atoms with van der Waals surface area (Å²) in [4.78, 5) is 25.2. The van der Waals surface area contributed by atoms with E-state index in [9.17, 15) is 9.59 Å². The maximum absolute atomic E-state index is 13.0. The predicted octanol–water partition coefficient (Wildman–Crippen LogP) is 2.79. The first-order valence-electron chi connectivity index (χ1n) is 8.94. The number of aryl methyl sites for hydroxylation is 1. The molecule has 1 atom stereocenters. The van der Waals surface area contributed by atoms with E-state index in [1.807, 2.05) is 31.2 Å². The maximum atomic E-state index is 13.0. The SMILES string of the molecule is COCCC1(C(=O)N[C@@H](Cc2ccc(C)cc2)C(=O)OC)CCCC1. The van der Waals surface area contributed by atoms with Crippen molar-refractivity contribution in [3.8, 4) is 0 Å². The van der Waals surface area contributed by atoms with Crippen molar-refractivity contribution >= 4 is 11.9 Å². The van der Waals surface area contributed by atoms with Crippen LogP contribution in [0.15, 0.2) is 24.3 Å². The average Bonchev–Trinajstić information content (AvgIpc) is 3.10. The van der Waals surface area contributed by atoms with Gasteiger partial charge in [0.15, 0.2) is 0 Å². The van der Waals surface area contributed by atoms with Crippen LogP contribution >= 0.6 is 0 Å². The highest BCUT2D eigenvalue weighted by Gasteiger charge is 2.42. The molecule has 2 rings (SSSR count). The smallest absolute Gasteiger partial charge is 0.328 e. The second-order valence-corrected chi connectivity index (χ2v) is 6.97. The molecule has 138 valence electrons. The summed E-state index contributed by atoms with van der Waals surface area (Å²) in [6.45, 7) is 2.57. The zero-order valence-corrected chi connectivity index (χ0v) is 15.5. The van der Waals surface area contributed by atoms with Crippen molar-refractivity contribution in [2.45, 2.75) is 51.5 Å². The van der Waals surface area contributed by atoms with Crippen molar-refractivity contribution in [2.24, 2.45) is 5.41 Å². The maximum Gasteiger partial charge on any atom is 0.328 e. The molecule has 1 N–H and O–H groups in total. The van der Waals surface area contributed by atoms with E-state index >= 15 is 0 Å². The molecule has 0 aromatic heterocycles. The van der Waals surface area contributed by atoms with Gasteiger partial charge in [0.25, 0.3) is 0 Å². The molecule has 0 bridgehead atoms. The zero-order valence-electron chi connectivity index (χ0n) is 15.5. The summed E-state index contributed by atoms with van der Waals surface area (Å²) in [6.07, 6.45) is 4.89. The highest BCUT2D eigenvalue weighted by molar-refractivity contribution is 5.88. The zero-order chi connectivity index (χ0) is 18.3. The topological polar surface area (TPSA) is 64.6 Å². The van der Waals surface area contributed by atoms with Gasteiger partial charge < -0.3 is 14.8 Å². The molecule has 5 heteroatoms. The predicted molar refractivity (Wildman–Crippen MR) is 96.2 cm³/mol. The number of nitrogens with one attached hydrogen (secondary N) is 1. The normalized spacial score (nSPS) is 17.1. The van der Waals surface area contributed by atoms with E-state index in [4.69, 9.17) is 9.47 Å². The van der Waals surface area contributed by atoms with E-state index in [2.05, 4.69) is 5.32 Å². The number of carbonyl (C=O) groups is 2. The number of carbonyl (C=O) groups excluding carboxylic acids is 2. The number of hydrogen-bond donors (Lipinski definition) is 1. The third kappa shape index (κ3) is 5.05. The number of amides is 1. The Hall–Kier alpha value is -1.88. The van der Waals surface area contributed by atoms with Crippen LogP contribution in [0.1, 0.15) is 43.2 Å². The molecule has 1 amide bonds. The lowest BCUT2D eigenvalue weighted by molar-refractivity contribution is -0.146. The Kier molecular flexibility index (Phi) is 7.00. The van der Waals surface area contributed by atoms with Crippen LogP contribution < -0.4 is 5.32 Å². The van der Waals surface area contributed by atoms with Crippen LogP contribution in [0.5, 0.6) is 0 Å². The van der Waals surface area contributed by atoms with Crippen LogP contribution in [0.3, 0.4) is 0 Å². The summed E-state index contributed by atoms with van der Waals surface area (Å²) in [6, 6.07) is 7.30. The number of esters is 1. The van der Waals surface area contributed by atoms with Crippen molar-refractivity contribution in [3.05, 3.63) is 35.4 Å². The summed E-state index contributed by atoms with van der Waals surface area (Å²) < 4.78 is 10.1. The summed E-state index contributed by atoms with van der Waals surface area (Å²) in [5, 5.41) is 2.95. The average molecular weight is 347 g/mol. The lowest BCUT2D eigenvalue weighted by Gasteiger charge is -2.29. The summed E-state index contributed by atoms with van der Waals surface area (Å²) in [5.41, 5.74) is 1.74. The van der Waals surface area contributed by atoms with Gasteiger partial charge in [0, 0.05) is 20.1 Å². The second-order valence-electron chi connectivity index (χ2n) is 6.97. The molecule has 0 unspecified atom stereocenters. The van der Waals surface area contributed by atoms with Gasteiger partial charge >= 0.3 is 5.97 Å². The van der Waals surface area contributed by atoms with Crippen LogP contribution in [0.25, 0.3) is 0 Å². The fourth-order valence-corrected chi connectivity index (χ4v) is 3.55. The highest BCUT2D eigenvalue weighted by Crippen LogP contribution is 2.41. The van der Waals surface area contributed by atoms with E-state index in [1.54, 1.807) is 7.11 Å². The Morgan fingerprint density at radius 1 is 1.16 bits per heavy atom. The first kappa shape index (κ1) is 19.4. The molecule has 0 radical (unpaired) electrons. The summed E-state index contributed by atoms with van der Waals surface area (Å²) >= 11 is 0. The molecule has 1 saturated carbocycles. The monoisotopic (exact) mass is 347 g/mol. The Balaban J connectivity index is 2.10. The third-order valence-electron chi connectivity index (χ3n) is 5.18. The minimum atomic E-state index is -0.666. The number of hydrogen-bond acceptors (Lipinski definition) is 4. The minimum absolute atomic E-state index is 0.0513. The van der Waals surface area contributed by atoms with Gasteiger partial charge in [0.1, 0.15) is 6.04 Å². The lowest BCUT2D eigenvalue weighted by Crippen LogP contribution is -2.49. The van der Waals surface area contributed by atoms with Gasteiger partial charge in [0.05, 0.1) is 12.5 Å². The van der Waals surface area contributed by atoms with E-state index < -0.39 is 17.4 Å². The van der Waals surface area contributed by atoms with Crippen LogP contribution in [-0.4, -0.2) is 38.7 Å². The number of rotatable bonds is 8. The van der Waals surface area contributed by atoms with Gasteiger partial charge in [-0.15, -0.1) is 0 Å². The van der Waals surface area contributed by atoms with Gasteiger partial charge in [-0.3, -0.25) is 4.79 Å². The van der Waals surface area contributed by atoms with Crippen molar-refractivity contribution in [2.75, 3.05) is 20.8 Å². The Morgan fingerprint density at radius 3 is 2.36 bits per heavy atom. The van der Waals surface area contributed by atoms with E-state index in [0.717, 1.165) is 36.8 Å². The van der Waals surface area contributed by atoms with Gasteiger partial charge in [-0.25, -0.2) is 4.79 Å². The Bertz CT molecular complexity index is 576. The largest absolute Gasteiger partial charge is 0.467 e. The van der Waals surface area contributed by atoms with Crippen LogP contribution in [0.2, 0.25) is 0 Å². The van der Waals surface area contributed by atoms with Crippen molar-refractivity contribution in [1.82, 2.24) is 5.32 Å². The quantitative estimate of drug-likeness (QED) is 0.735. The molecular formula is C20H29NO4. The first-order valence-corrected chi connectivity index (χ1v) is 8.94. The second kappa shape index (κ2) is 8.99. The molecular weight excluding hydrogens is 318 g/mol. The number of methoxy groups -OCH3 is 2. The molecule has 25 heavy (non-hydrogen) atoms. The van der Waals surface area contributed by atoms with E-state index in [-0.39, 0.29) is 5.91 Å². The van der Waals surface area contributed by atoms with Gasteiger partial charge in [-0.1, -0.05) is 42.7 Å². The fourth-order valence-electron chi connectivity index (χ4n) is 3.55. The molecule has 1 aliphatic carbocycles. The third-order valence-corrected chi connectivity index (χ3v) is 5.18. The molecule has 0 aliphatic heterocycles. The highest BCUT2D eigenvalue weighted by atomic mass is 16.5. The molecule has 1 aromatic carbocycles. The number of benzene rings is 1. The standard InChI is InChI=1S/C20H29NO4/c1-15-6-8-16(9-7-15)14-17(18(22)25-3)21-19(23)20(12-13-24-2)10-4-5-11-20/h6-9,17H,4-5,10-14H2,1-3H3,(H,21,23)/t17-/m0/s1. The van der Waals surface area contributed by atoms with Crippen molar-refractivity contribution < 1.29 is 19.1 Å². The van der Waals surface area contributed by atoms with Crippen LogP contribution in [-0.2, 0) is 25.5 Å². The van der Waals surface area contributed by atoms with Crippen LogP contribution in [0.4, 0.5) is 0 Å². The van der Waals surface area contributed by atoms with E-state index in [0.29, 0.717) is 19.4 Å². The van der Waals surface area contributed by atoms with Crippen molar-refractivity contribution in [3.63, 3.8) is 0 Å². The molecule has 1 aliphatic rings.